The van der Waals surface area contributed by atoms with Gasteiger partial charge in [0.05, 0.1) is 4.88 Å². The maximum absolute atomic E-state index is 12.8. The summed E-state index contributed by atoms with van der Waals surface area (Å²) in [4.78, 5) is 15.7. The van der Waals surface area contributed by atoms with Gasteiger partial charge < -0.3 is 4.90 Å². The predicted octanol–water partition coefficient (Wildman–Crippen LogP) is 4.60. The standard InChI is InChI=1S/C18H21NOS/c1-13-3-5-15(6-4-13)16-9-12-21-17(16)18(20)19-10-7-14(2)8-11-19/h3-6,9,12,14H,7-8,10-11H2,1-2H3. The number of hydrogen-bond donors (Lipinski definition) is 0. The predicted molar refractivity (Wildman–Crippen MR) is 88.8 cm³/mol. The fraction of sp³-hybridized carbons (Fsp3) is 0.389. The van der Waals surface area contributed by atoms with Crippen LogP contribution in [0, 0.1) is 12.8 Å². The van der Waals surface area contributed by atoms with E-state index in [0.717, 1.165) is 47.9 Å². The largest absolute Gasteiger partial charge is 0.338 e. The lowest BCUT2D eigenvalue weighted by molar-refractivity contribution is 0.0703. The first-order chi connectivity index (χ1) is 10.1. The molecule has 0 aliphatic carbocycles. The molecule has 1 aliphatic heterocycles. The molecular formula is C18H21NOS. The van der Waals surface area contributed by atoms with Crippen LogP contribution in [0.1, 0.15) is 35.0 Å². The molecule has 1 saturated heterocycles. The zero-order valence-electron chi connectivity index (χ0n) is 12.6. The summed E-state index contributed by atoms with van der Waals surface area (Å²) in [7, 11) is 0. The Morgan fingerprint density at radius 1 is 1.14 bits per heavy atom. The zero-order chi connectivity index (χ0) is 14.8. The van der Waals surface area contributed by atoms with E-state index < -0.39 is 0 Å². The summed E-state index contributed by atoms with van der Waals surface area (Å²) in [5.74, 6) is 0.946. The Kier molecular flexibility index (Phi) is 4.11. The third kappa shape index (κ3) is 3.03. The monoisotopic (exact) mass is 299 g/mol. The highest BCUT2D eigenvalue weighted by Crippen LogP contribution is 2.30. The molecule has 21 heavy (non-hydrogen) atoms. The van der Waals surface area contributed by atoms with Gasteiger partial charge in [-0.3, -0.25) is 4.79 Å². The van der Waals surface area contributed by atoms with Crippen LogP contribution in [-0.4, -0.2) is 23.9 Å². The number of carbonyl (C=O) groups is 1. The lowest BCUT2D eigenvalue weighted by Gasteiger charge is -2.30. The number of amides is 1. The molecule has 1 aromatic heterocycles. The molecule has 1 aromatic carbocycles. The molecule has 3 rings (SSSR count). The summed E-state index contributed by atoms with van der Waals surface area (Å²) < 4.78 is 0. The number of benzene rings is 1. The highest BCUT2D eigenvalue weighted by Gasteiger charge is 2.24. The second-order valence-electron chi connectivity index (χ2n) is 6.00. The maximum atomic E-state index is 12.8. The fourth-order valence-electron chi connectivity index (χ4n) is 2.79. The second-order valence-corrected chi connectivity index (χ2v) is 6.92. The van der Waals surface area contributed by atoms with E-state index in [4.69, 9.17) is 0 Å². The first kappa shape index (κ1) is 14.3. The van der Waals surface area contributed by atoms with Crippen molar-refractivity contribution in [3.8, 4) is 11.1 Å². The molecule has 0 radical (unpaired) electrons. The minimum Gasteiger partial charge on any atom is -0.338 e. The lowest BCUT2D eigenvalue weighted by Crippen LogP contribution is -2.37. The van der Waals surface area contributed by atoms with Crippen LogP contribution in [0.4, 0.5) is 0 Å². The van der Waals surface area contributed by atoms with Crippen LogP contribution in [0.5, 0.6) is 0 Å². The van der Waals surface area contributed by atoms with Gasteiger partial charge in [0, 0.05) is 18.7 Å². The van der Waals surface area contributed by atoms with Gasteiger partial charge in [-0.2, -0.15) is 0 Å². The number of aryl methyl sites for hydroxylation is 1. The summed E-state index contributed by atoms with van der Waals surface area (Å²) in [6.07, 6.45) is 2.24. The first-order valence-electron chi connectivity index (χ1n) is 7.59. The highest BCUT2D eigenvalue weighted by atomic mass is 32.1. The molecule has 2 heterocycles. The molecule has 0 N–H and O–H groups in total. The molecule has 0 unspecified atom stereocenters. The lowest BCUT2D eigenvalue weighted by atomic mass is 9.98. The van der Waals surface area contributed by atoms with E-state index in [1.54, 1.807) is 11.3 Å². The maximum Gasteiger partial charge on any atom is 0.264 e. The molecule has 0 saturated carbocycles. The summed E-state index contributed by atoms with van der Waals surface area (Å²) in [6.45, 7) is 6.14. The Morgan fingerprint density at radius 3 is 2.48 bits per heavy atom. The van der Waals surface area contributed by atoms with Gasteiger partial charge in [-0.15, -0.1) is 11.3 Å². The average molecular weight is 299 g/mol. The van der Waals surface area contributed by atoms with Crippen LogP contribution in [0.3, 0.4) is 0 Å². The molecule has 2 nitrogen and oxygen atoms in total. The van der Waals surface area contributed by atoms with E-state index in [-0.39, 0.29) is 5.91 Å². The van der Waals surface area contributed by atoms with Crippen molar-refractivity contribution in [1.82, 2.24) is 4.90 Å². The summed E-state index contributed by atoms with van der Waals surface area (Å²) in [6, 6.07) is 10.5. The van der Waals surface area contributed by atoms with E-state index in [1.165, 1.54) is 5.56 Å². The van der Waals surface area contributed by atoms with Crippen molar-refractivity contribution in [2.75, 3.05) is 13.1 Å². The third-order valence-electron chi connectivity index (χ3n) is 4.29. The summed E-state index contributed by atoms with van der Waals surface area (Å²) in [5, 5.41) is 2.02. The molecular weight excluding hydrogens is 278 g/mol. The molecule has 1 fully saturated rings. The number of likely N-dealkylation sites (tertiary alicyclic amines) is 1. The van der Waals surface area contributed by atoms with Crippen molar-refractivity contribution in [3.05, 3.63) is 46.2 Å². The molecule has 0 atom stereocenters. The Bertz CT molecular complexity index is 621. The van der Waals surface area contributed by atoms with Crippen molar-refractivity contribution in [2.45, 2.75) is 26.7 Å². The van der Waals surface area contributed by atoms with E-state index in [9.17, 15) is 4.79 Å². The van der Waals surface area contributed by atoms with Gasteiger partial charge in [-0.25, -0.2) is 0 Å². The number of carbonyl (C=O) groups excluding carboxylic acids is 1. The van der Waals surface area contributed by atoms with Crippen molar-refractivity contribution >= 4 is 17.2 Å². The topological polar surface area (TPSA) is 20.3 Å². The Morgan fingerprint density at radius 2 is 1.81 bits per heavy atom. The number of rotatable bonds is 2. The van der Waals surface area contributed by atoms with Crippen LogP contribution >= 0.6 is 11.3 Å². The molecule has 1 amide bonds. The molecule has 1 aliphatic rings. The SMILES string of the molecule is Cc1ccc(-c2ccsc2C(=O)N2CCC(C)CC2)cc1. The molecule has 110 valence electrons. The number of nitrogens with zero attached hydrogens (tertiary/aromatic N) is 1. The fourth-order valence-corrected chi connectivity index (χ4v) is 3.67. The molecule has 3 heteroatoms. The zero-order valence-corrected chi connectivity index (χ0v) is 13.5. The smallest absolute Gasteiger partial charge is 0.264 e. The van der Waals surface area contributed by atoms with E-state index in [0.29, 0.717) is 0 Å². The van der Waals surface area contributed by atoms with E-state index in [1.807, 2.05) is 10.3 Å². The first-order valence-corrected chi connectivity index (χ1v) is 8.47. The normalized spacial score (nSPS) is 16.2. The Labute approximate surface area is 130 Å². The minimum absolute atomic E-state index is 0.201. The molecule has 0 bridgehead atoms. The molecule has 0 spiro atoms. The van der Waals surface area contributed by atoms with Crippen LogP contribution < -0.4 is 0 Å². The van der Waals surface area contributed by atoms with Crippen molar-refractivity contribution in [1.29, 1.82) is 0 Å². The summed E-state index contributed by atoms with van der Waals surface area (Å²) >= 11 is 1.56. The quantitative estimate of drug-likeness (QED) is 0.794. The average Bonchev–Trinajstić information content (AvgIpc) is 2.97. The van der Waals surface area contributed by atoms with Crippen molar-refractivity contribution in [3.63, 3.8) is 0 Å². The summed E-state index contributed by atoms with van der Waals surface area (Å²) in [5.41, 5.74) is 3.45. The number of hydrogen-bond acceptors (Lipinski definition) is 2. The number of thiophene rings is 1. The third-order valence-corrected chi connectivity index (χ3v) is 5.20. The van der Waals surface area contributed by atoms with Crippen LogP contribution in [0.2, 0.25) is 0 Å². The van der Waals surface area contributed by atoms with Crippen LogP contribution in [0.25, 0.3) is 11.1 Å². The van der Waals surface area contributed by atoms with Gasteiger partial charge >= 0.3 is 0 Å². The van der Waals surface area contributed by atoms with E-state index in [2.05, 4.69) is 44.2 Å². The van der Waals surface area contributed by atoms with Gasteiger partial charge in [0.25, 0.3) is 5.91 Å². The second kappa shape index (κ2) is 6.02. The van der Waals surface area contributed by atoms with Gasteiger partial charge in [0.15, 0.2) is 0 Å². The van der Waals surface area contributed by atoms with Gasteiger partial charge in [0.2, 0.25) is 0 Å². The Hall–Kier alpha value is -1.61. The van der Waals surface area contributed by atoms with Crippen LogP contribution in [0.15, 0.2) is 35.7 Å². The van der Waals surface area contributed by atoms with Gasteiger partial charge in [0.1, 0.15) is 0 Å². The highest BCUT2D eigenvalue weighted by molar-refractivity contribution is 7.12. The van der Waals surface area contributed by atoms with Gasteiger partial charge in [-0.05, 0) is 42.7 Å². The minimum atomic E-state index is 0.201. The van der Waals surface area contributed by atoms with E-state index >= 15 is 0 Å². The molecule has 2 aromatic rings. The van der Waals surface area contributed by atoms with Crippen LogP contribution in [-0.2, 0) is 0 Å². The number of piperidine rings is 1. The van der Waals surface area contributed by atoms with Gasteiger partial charge in [-0.1, -0.05) is 36.8 Å². The Balaban J connectivity index is 1.85. The van der Waals surface area contributed by atoms with Crippen molar-refractivity contribution < 1.29 is 4.79 Å². The van der Waals surface area contributed by atoms with Crippen molar-refractivity contribution in [2.24, 2.45) is 5.92 Å².